The van der Waals surface area contributed by atoms with Crippen molar-refractivity contribution in [3.63, 3.8) is 0 Å². The normalized spacial score (nSPS) is 18.8. The fourth-order valence-electron chi connectivity index (χ4n) is 5.78. The van der Waals surface area contributed by atoms with Crippen LogP contribution in [0.5, 0.6) is 5.75 Å². The van der Waals surface area contributed by atoms with Gasteiger partial charge in [0.05, 0.1) is 37.7 Å². The highest BCUT2D eigenvalue weighted by Crippen LogP contribution is 2.48. The first-order chi connectivity index (χ1) is 18.2. The van der Waals surface area contributed by atoms with E-state index in [9.17, 15) is 5.26 Å². The third-order valence-electron chi connectivity index (χ3n) is 7.91. The second-order valence-electron chi connectivity index (χ2n) is 10.4. The number of aromatic amines is 1. The molecule has 2 aromatic carbocycles. The minimum Gasteiger partial charge on any atom is -0.489 e. The molecule has 7 nitrogen and oxygen atoms in total. The standard InChI is InChI=1S/C30H28N4O3/c31-17-22-13-21(3-6-28(22)37-24-15-30(16-24)18-36-19-30)29-25-14-27(33-26(25)7-8-32-29)20-1-4-23(5-2-20)34-9-11-35-12-10-34/h1-8,13-14,24,33H,9-12,15-16,18-19H2. The lowest BCUT2D eigenvalue weighted by atomic mass is 9.65. The maximum atomic E-state index is 9.85. The van der Waals surface area contributed by atoms with Crippen molar-refractivity contribution < 1.29 is 14.2 Å². The number of pyridine rings is 1. The van der Waals surface area contributed by atoms with Crippen molar-refractivity contribution in [2.24, 2.45) is 5.41 Å². The van der Waals surface area contributed by atoms with Crippen LogP contribution in [0.15, 0.2) is 60.8 Å². The molecule has 2 aliphatic heterocycles. The van der Waals surface area contributed by atoms with Gasteiger partial charge in [-0.2, -0.15) is 5.26 Å². The third-order valence-corrected chi connectivity index (χ3v) is 7.91. The highest BCUT2D eigenvalue weighted by molar-refractivity contribution is 5.96. The van der Waals surface area contributed by atoms with Gasteiger partial charge in [0.25, 0.3) is 0 Å². The summed E-state index contributed by atoms with van der Waals surface area (Å²) in [5, 5.41) is 10.9. The number of benzene rings is 2. The molecule has 4 aromatic rings. The number of hydrogen-bond donors (Lipinski definition) is 1. The van der Waals surface area contributed by atoms with Gasteiger partial charge in [-0.05, 0) is 60.9 Å². The van der Waals surface area contributed by atoms with Crippen LogP contribution in [0.1, 0.15) is 18.4 Å². The number of ether oxygens (including phenoxy) is 3. The largest absolute Gasteiger partial charge is 0.489 e. The quantitative estimate of drug-likeness (QED) is 0.414. The number of aromatic nitrogens is 2. The lowest BCUT2D eigenvalue weighted by molar-refractivity contribution is -0.191. The molecule has 2 aromatic heterocycles. The topological polar surface area (TPSA) is 83.4 Å². The van der Waals surface area contributed by atoms with Gasteiger partial charge in [-0.25, -0.2) is 0 Å². The van der Waals surface area contributed by atoms with E-state index >= 15 is 0 Å². The van der Waals surface area contributed by atoms with E-state index in [0.717, 1.165) is 85.8 Å². The number of hydrogen-bond acceptors (Lipinski definition) is 6. The van der Waals surface area contributed by atoms with Gasteiger partial charge >= 0.3 is 0 Å². The molecule has 1 spiro atoms. The number of nitrogens with one attached hydrogen (secondary N) is 1. The lowest BCUT2D eigenvalue weighted by Gasteiger charge is -2.52. The molecule has 1 N–H and O–H groups in total. The SMILES string of the molecule is N#Cc1cc(-c2nccc3[nH]c(-c4ccc(N5CCOCC5)cc4)cc23)ccc1OC1CC2(COC2)C1. The summed E-state index contributed by atoms with van der Waals surface area (Å²) in [4.78, 5) is 10.6. The third kappa shape index (κ3) is 4.03. The smallest absolute Gasteiger partial charge is 0.137 e. The molecular weight excluding hydrogens is 464 g/mol. The zero-order chi connectivity index (χ0) is 24.8. The van der Waals surface area contributed by atoms with Gasteiger partial charge in [0.1, 0.15) is 17.9 Å². The number of rotatable bonds is 5. The fraction of sp³-hybridized carbons (Fsp3) is 0.333. The van der Waals surface area contributed by atoms with Crippen LogP contribution in [-0.4, -0.2) is 55.6 Å². The monoisotopic (exact) mass is 492 g/mol. The zero-order valence-corrected chi connectivity index (χ0v) is 20.6. The Morgan fingerprint density at radius 3 is 2.49 bits per heavy atom. The highest BCUT2D eigenvalue weighted by Gasteiger charge is 2.51. The van der Waals surface area contributed by atoms with E-state index in [2.05, 4.69) is 51.3 Å². The molecule has 1 aliphatic carbocycles. The summed E-state index contributed by atoms with van der Waals surface area (Å²) >= 11 is 0. The molecule has 0 bridgehead atoms. The molecule has 0 atom stereocenters. The number of anilines is 1. The summed E-state index contributed by atoms with van der Waals surface area (Å²) in [6, 6.07) is 20.9. The van der Waals surface area contributed by atoms with Crippen molar-refractivity contribution in [3.05, 3.63) is 66.4 Å². The van der Waals surface area contributed by atoms with Crippen LogP contribution in [0.3, 0.4) is 0 Å². The summed E-state index contributed by atoms with van der Waals surface area (Å²) in [6.07, 6.45) is 3.97. The van der Waals surface area contributed by atoms with Gasteiger partial charge in [0.15, 0.2) is 0 Å². The van der Waals surface area contributed by atoms with Crippen LogP contribution in [0.25, 0.3) is 33.4 Å². The van der Waals surface area contributed by atoms with Crippen LogP contribution in [0, 0.1) is 16.7 Å². The average Bonchev–Trinajstić information content (AvgIpc) is 3.35. The second kappa shape index (κ2) is 8.91. The summed E-state index contributed by atoms with van der Waals surface area (Å²) < 4.78 is 17.0. The van der Waals surface area contributed by atoms with E-state index in [1.54, 1.807) is 0 Å². The second-order valence-corrected chi connectivity index (χ2v) is 10.4. The molecule has 3 fully saturated rings. The molecule has 37 heavy (non-hydrogen) atoms. The Hall–Kier alpha value is -3.86. The minimum absolute atomic E-state index is 0.158. The molecule has 0 radical (unpaired) electrons. The van der Waals surface area contributed by atoms with Gasteiger partial charge < -0.3 is 24.1 Å². The van der Waals surface area contributed by atoms with Crippen LogP contribution >= 0.6 is 0 Å². The molecule has 4 heterocycles. The summed E-state index contributed by atoms with van der Waals surface area (Å²) in [5.74, 6) is 0.647. The van der Waals surface area contributed by atoms with Gasteiger partial charge in [0.2, 0.25) is 0 Å². The molecule has 1 saturated carbocycles. The molecule has 2 saturated heterocycles. The predicted octanol–water partition coefficient (Wildman–Crippen LogP) is 5.16. The Morgan fingerprint density at radius 2 is 1.76 bits per heavy atom. The van der Waals surface area contributed by atoms with Crippen molar-refractivity contribution in [3.8, 4) is 34.3 Å². The van der Waals surface area contributed by atoms with Crippen LogP contribution in [0.2, 0.25) is 0 Å². The Morgan fingerprint density at radius 1 is 0.973 bits per heavy atom. The lowest BCUT2D eigenvalue weighted by Crippen LogP contribution is -2.56. The highest BCUT2D eigenvalue weighted by atomic mass is 16.5. The summed E-state index contributed by atoms with van der Waals surface area (Å²) in [5.41, 5.74) is 7.01. The Balaban J connectivity index is 1.15. The maximum absolute atomic E-state index is 9.85. The van der Waals surface area contributed by atoms with Crippen molar-refractivity contribution in [1.29, 1.82) is 5.26 Å². The molecule has 186 valence electrons. The number of nitriles is 1. The van der Waals surface area contributed by atoms with Crippen molar-refractivity contribution in [2.45, 2.75) is 18.9 Å². The predicted molar refractivity (Wildman–Crippen MR) is 142 cm³/mol. The number of H-pyrrole nitrogens is 1. The molecule has 3 aliphatic rings. The van der Waals surface area contributed by atoms with Gasteiger partial charge in [-0.1, -0.05) is 12.1 Å². The van der Waals surface area contributed by atoms with E-state index in [1.807, 2.05) is 30.5 Å². The van der Waals surface area contributed by atoms with Crippen molar-refractivity contribution in [1.82, 2.24) is 9.97 Å². The first-order valence-corrected chi connectivity index (χ1v) is 12.9. The van der Waals surface area contributed by atoms with E-state index in [0.29, 0.717) is 16.7 Å². The summed E-state index contributed by atoms with van der Waals surface area (Å²) in [7, 11) is 0. The van der Waals surface area contributed by atoms with Crippen LogP contribution in [0.4, 0.5) is 5.69 Å². The average molecular weight is 493 g/mol. The van der Waals surface area contributed by atoms with Gasteiger partial charge in [-0.3, -0.25) is 4.98 Å². The number of morpholine rings is 1. The van der Waals surface area contributed by atoms with E-state index in [1.165, 1.54) is 5.69 Å². The molecule has 7 heteroatoms. The molecule has 0 unspecified atom stereocenters. The van der Waals surface area contributed by atoms with Crippen molar-refractivity contribution >= 4 is 16.6 Å². The first-order valence-electron chi connectivity index (χ1n) is 12.9. The molecule has 7 rings (SSSR count). The van der Waals surface area contributed by atoms with E-state index < -0.39 is 0 Å². The Kier molecular flexibility index (Phi) is 5.38. The van der Waals surface area contributed by atoms with E-state index in [-0.39, 0.29) is 6.10 Å². The van der Waals surface area contributed by atoms with Crippen LogP contribution in [-0.2, 0) is 9.47 Å². The zero-order valence-electron chi connectivity index (χ0n) is 20.6. The number of nitrogens with zero attached hydrogens (tertiary/aromatic N) is 3. The fourth-order valence-corrected chi connectivity index (χ4v) is 5.78. The van der Waals surface area contributed by atoms with Crippen molar-refractivity contribution in [2.75, 3.05) is 44.4 Å². The summed E-state index contributed by atoms with van der Waals surface area (Å²) in [6.45, 7) is 5.07. The van der Waals surface area contributed by atoms with Gasteiger partial charge in [-0.15, -0.1) is 0 Å². The Bertz CT molecular complexity index is 1490. The maximum Gasteiger partial charge on any atom is 0.137 e. The minimum atomic E-state index is 0.158. The number of fused-ring (bicyclic) bond motifs is 1. The van der Waals surface area contributed by atoms with Crippen LogP contribution < -0.4 is 9.64 Å². The van der Waals surface area contributed by atoms with E-state index in [4.69, 9.17) is 14.2 Å². The molecular formula is C30H28N4O3. The Labute approximate surface area is 215 Å². The molecule has 0 amide bonds. The van der Waals surface area contributed by atoms with Gasteiger partial charge in [0, 0.05) is 52.5 Å². The first kappa shape index (κ1) is 22.3.